The van der Waals surface area contributed by atoms with Gasteiger partial charge >= 0.3 is 0 Å². The highest BCUT2D eigenvalue weighted by Crippen LogP contribution is 1.97. The van der Waals surface area contributed by atoms with E-state index in [1.54, 1.807) is 12.2 Å². The molecule has 0 aliphatic rings. The summed E-state index contributed by atoms with van der Waals surface area (Å²) in [6.07, 6.45) is 18.7. The molecule has 19 heavy (non-hydrogen) atoms. The van der Waals surface area contributed by atoms with E-state index in [1.165, 1.54) is 0 Å². The van der Waals surface area contributed by atoms with Crippen LogP contribution < -0.4 is 5.32 Å². The van der Waals surface area contributed by atoms with E-state index >= 15 is 0 Å². The molecule has 0 aromatic carbocycles. The summed E-state index contributed by atoms with van der Waals surface area (Å²) in [6, 6.07) is 0. The number of unbranched alkanes of at least 4 members (excludes halogenated alkanes) is 1. The molecule has 106 valence electrons. The maximum atomic E-state index is 11.4. The van der Waals surface area contributed by atoms with Crippen molar-refractivity contribution >= 4 is 5.91 Å². The second-order valence-corrected chi connectivity index (χ2v) is 4.58. The number of carbonyl (C=O) groups excluding carboxylic acids is 1. The van der Waals surface area contributed by atoms with Gasteiger partial charge in [0.1, 0.15) is 0 Å². The van der Waals surface area contributed by atoms with Crippen molar-refractivity contribution in [1.29, 1.82) is 0 Å². The Labute approximate surface area is 118 Å². The van der Waals surface area contributed by atoms with E-state index in [0.29, 0.717) is 5.92 Å². The van der Waals surface area contributed by atoms with Crippen molar-refractivity contribution in [2.24, 2.45) is 5.92 Å². The van der Waals surface area contributed by atoms with Crippen molar-refractivity contribution in [3.8, 4) is 0 Å². The molecule has 0 rings (SSSR count). The van der Waals surface area contributed by atoms with Crippen LogP contribution in [0.2, 0.25) is 0 Å². The van der Waals surface area contributed by atoms with Crippen LogP contribution >= 0.6 is 0 Å². The van der Waals surface area contributed by atoms with Crippen molar-refractivity contribution in [3.63, 3.8) is 0 Å². The van der Waals surface area contributed by atoms with Gasteiger partial charge in [-0.05, 0) is 25.7 Å². The molecule has 0 heterocycles. The maximum Gasteiger partial charge on any atom is 0.243 e. The molecule has 0 bridgehead atoms. The van der Waals surface area contributed by atoms with Crippen LogP contribution in [0.15, 0.2) is 48.6 Å². The van der Waals surface area contributed by atoms with E-state index in [2.05, 4.69) is 31.3 Å². The zero-order chi connectivity index (χ0) is 14.3. The van der Waals surface area contributed by atoms with Gasteiger partial charge in [0.15, 0.2) is 0 Å². The van der Waals surface area contributed by atoms with Crippen LogP contribution in [-0.4, -0.2) is 12.5 Å². The van der Waals surface area contributed by atoms with E-state index in [9.17, 15) is 4.79 Å². The van der Waals surface area contributed by atoms with Gasteiger partial charge in [-0.25, -0.2) is 0 Å². The van der Waals surface area contributed by atoms with Gasteiger partial charge in [-0.2, -0.15) is 0 Å². The highest BCUT2D eigenvalue weighted by atomic mass is 16.1. The molecular weight excluding hydrogens is 234 g/mol. The molecule has 2 nitrogen and oxygen atoms in total. The van der Waals surface area contributed by atoms with Crippen LogP contribution in [0.25, 0.3) is 0 Å². The first kappa shape index (κ1) is 17.4. The minimum absolute atomic E-state index is 0.0158. The maximum absolute atomic E-state index is 11.4. The van der Waals surface area contributed by atoms with Crippen molar-refractivity contribution < 1.29 is 4.79 Å². The van der Waals surface area contributed by atoms with Gasteiger partial charge in [0.05, 0.1) is 0 Å². The molecule has 1 N–H and O–H groups in total. The molecule has 0 saturated heterocycles. The Bertz CT molecular complexity index is 337. The number of hydrogen-bond donors (Lipinski definition) is 1. The van der Waals surface area contributed by atoms with Gasteiger partial charge < -0.3 is 5.32 Å². The van der Waals surface area contributed by atoms with E-state index < -0.39 is 0 Å². The minimum atomic E-state index is -0.0158. The molecule has 1 unspecified atom stereocenters. The first-order valence-electron chi connectivity index (χ1n) is 7.09. The zero-order valence-corrected chi connectivity index (χ0v) is 12.4. The Hall–Kier alpha value is -1.57. The molecule has 0 saturated carbocycles. The molecule has 0 fully saturated rings. The third-order valence-electron chi connectivity index (χ3n) is 2.76. The fourth-order valence-electron chi connectivity index (χ4n) is 1.27. The summed E-state index contributed by atoms with van der Waals surface area (Å²) in [7, 11) is 0. The molecule has 1 amide bonds. The third kappa shape index (κ3) is 12.7. The second kappa shape index (κ2) is 12.9. The van der Waals surface area contributed by atoms with Crippen LogP contribution in [0, 0.1) is 5.92 Å². The number of allylic oxidation sites excluding steroid dienone is 7. The van der Waals surface area contributed by atoms with E-state index in [-0.39, 0.29) is 5.91 Å². The number of hydrogen-bond acceptors (Lipinski definition) is 1. The molecule has 0 radical (unpaired) electrons. The Balaban J connectivity index is 3.68. The quantitative estimate of drug-likeness (QED) is 0.376. The summed E-state index contributed by atoms with van der Waals surface area (Å²) in [4.78, 5) is 11.4. The smallest absolute Gasteiger partial charge is 0.243 e. The molecule has 2 heteroatoms. The molecule has 0 aliphatic carbocycles. The Morgan fingerprint density at radius 2 is 1.74 bits per heavy atom. The number of amides is 1. The predicted octanol–water partition coefficient (Wildman–Crippen LogP) is 4.17. The van der Waals surface area contributed by atoms with Crippen LogP contribution in [-0.2, 0) is 4.79 Å². The van der Waals surface area contributed by atoms with Gasteiger partial charge in [-0.1, -0.05) is 62.8 Å². The lowest BCUT2D eigenvalue weighted by molar-refractivity contribution is -0.116. The van der Waals surface area contributed by atoms with Crippen LogP contribution in [0.4, 0.5) is 0 Å². The summed E-state index contributed by atoms with van der Waals surface area (Å²) in [6.45, 7) is 7.01. The Morgan fingerprint density at radius 3 is 2.32 bits per heavy atom. The average molecular weight is 261 g/mol. The standard InChI is InChI=1S/C17H27NO/c1-4-6-7-8-9-10-11-12-13-14-17(19)18-15-16(3)5-2/h4,6-8,11-14,16H,5,9-10,15H2,1-3H3,(H,18,19). The summed E-state index contributed by atoms with van der Waals surface area (Å²) < 4.78 is 0. The van der Waals surface area contributed by atoms with E-state index in [4.69, 9.17) is 0 Å². The average Bonchev–Trinajstić information content (AvgIpc) is 2.42. The summed E-state index contributed by atoms with van der Waals surface area (Å²) in [5, 5.41) is 2.88. The van der Waals surface area contributed by atoms with Gasteiger partial charge in [-0.15, -0.1) is 0 Å². The van der Waals surface area contributed by atoms with E-state index in [0.717, 1.165) is 25.8 Å². The van der Waals surface area contributed by atoms with Crippen LogP contribution in [0.3, 0.4) is 0 Å². The van der Waals surface area contributed by atoms with Crippen molar-refractivity contribution in [2.45, 2.75) is 40.0 Å². The predicted molar refractivity (Wildman–Crippen MR) is 83.9 cm³/mol. The summed E-state index contributed by atoms with van der Waals surface area (Å²) in [5.74, 6) is 0.523. The lowest BCUT2D eigenvalue weighted by atomic mass is 10.1. The number of nitrogens with one attached hydrogen (secondary N) is 1. The summed E-state index contributed by atoms with van der Waals surface area (Å²) >= 11 is 0. The molecule has 0 spiro atoms. The molecular formula is C17H27NO. The monoisotopic (exact) mass is 261 g/mol. The topological polar surface area (TPSA) is 29.1 Å². The Morgan fingerprint density at radius 1 is 1.11 bits per heavy atom. The largest absolute Gasteiger partial charge is 0.352 e. The highest BCUT2D eigenvalue weighted by molar-refractivity contribution is 5.87. The third-order valence-corrected chi connectivity index (χ3v) is 2.76. The first-order chi connectivity index (χ1) is 9.20. The highest BCUT2D eigenvalue weighted by Gasteiger charge is 1.99. The molecule has 0 aromatic heterocycles. The van der Waals surface area contributed by atoms with Gasteiger partial charge in [0, 0.05) is 12.6 Å². The lowest BCUT2D eigenvalue weighted by Crippen LogP contribution is -2.26. The minimum Gasteiger partial charge on any atom is -0.352 e. The van der Waals surface area contributed by atoms with Crippen molar-refractivity contribution in [2.75, 3.05) is 6.54 Å². The number of carbonyl (C=O) groups is 1. The SMILES string of the molecule is CC=CC=CCCC=CC=CC(=O)NCC(C)CC. The van der Waals surface area contributed by atoms with Crippen LogP contribution in [0.5, 0.6) is 0 Å². The van der Waals surface area contributed by atoms with Crippen molar-refractivity contribution in [3.05, 3.63) is 48.6 Å². The van der Waals surface area contributed by atoms with Gasteiger partial charge in [-0.3, -0.25) is 4.79 Å². The van der Waals surface area contributed by atoms with Gasteiger partial charge in [0.2, 0.25) is 5.91 Å². The van der Waals surface area contributed by atoms with Gasteiger partial charge in [0.25, 0.3) is 0 Å². The normalized spacial score (nSPS) is 14.1. The fourth-order valence-corrected chi connectivity index (χ4v) is 1.27. The second-order valence-electron chi connectivity index (χ2n) is 4.58. The zero-order valence-electron chi connectivity index (χ0n) is 12.4. The summed E-state index contributed by atoms with van der Waals surface area (Å²) in [5.41, 5.74) is 0. The Kier molecular flexibility index (Phi) is 11.8. The first-order valence-corrected chi connectivity index (χ1v) is 7.09. The lowest BCUT2D eigenvalue weighted by Gasteiger charge is -2.07. The van der Waals surface area contributed by atoms with E-state index in [1.807, 2.05) is 31.2 Å². The molecule has 0 aromatic rings. The molecule has 0 aliphatic heterocycles. The van der Waals surface area contributed by atoms with Crippen LogP contribution in [0.1, 0.15) is 40.0 Å². The fraction of sp³-hybridized carbons (Fsp3) is 0.471. The molecule has 1 atom stereocenters. The van der Waals surface area contributed by atoms with Crippen molar-refractivity contribution in [1.82, 2.24) is 5.32 Å². The number of rotatable bonds is 9.